The summed E-state index contributed by atoms with van der Waals surface area (Å²) in [5.41, 5.74) is 0. The molecule has 1 aromatic carbocycles. The summed E-state index contributed by atoms with van der Waals surface area (Å²) in [5.74, 6) is -0.299. The molecule has 0 aromatic heterocycles. The maximum atomic E-state index is 11.5. The lowest BCUT2D eigenvalue weighted by Crippen LogP contribution is -2.46. The first-order valence-corrected chi connectivity index (χ1v) is 6.58. The highest BCUT2D eigenvalue weighted by atomic mass is 16.5. The van der Waals surface area contributed by atoms with Crippen LogP contribution in [0.3, 0.4) is 0 Å². The summed E-state index contributed by atoms with van der Waals surface area (Å²) in [5, 5.41) is 13.9. The van der Waals surface area contributed by atoms with Crippen molar-refractivity contribution in [3.05, 3.63) is 30.3 Å². The third kappa shape index (κ3) is 6.08. The van der Waals surface area contributed by atoms with Gasteiger partial charge in [0.05, 0.1) is 6.54 Å². The van der Waals surface area contributed by atoms with E-state index in [1.54, 1.807) is 0 Å². The molecule has 0 aliphatic carbocycles. The normalized spacial score (nSPS) is 11.4. The van der Waals surface area contributed by atoms with Gasteiger partial charge in [-0.1, -0.05) is 31.5 Å². The number of rotatable bonds is 8. The van der Waals surface area contributed by atoms with Gasteiger partial charge in [-0.3, -0.25) is 0 Å². The second-order valence-corrected chi connectivity index (χ2v) is 4.24. The van der Waals surface area contributed by atoms with Gasteiger partial charge >= 0.3 is 12.0 Å². The second-order valence-electron chi connectivity index (χ2n) is 4.24. The van der Waals surface area contributed by atoms with Gasteiger partial charge in [-0.2, -0.15) is 0 Å². The number of hydrogen-bond acceptors (Lipinski definition) is 3. The summed E-state index contributed by atoms with van der Waals surface area (Å²) in [6.07, 6.45) is 1.09. The molecule has 2 amide bonds. The van der Waals surface area contributed by atoms with Crippen LogP contribution in [0.4, 0.5) is 4.79 Å². The van der Waals surface area contributed by atoms with E-state index in [1.807, 2.05) is 37.3 Å². The largest absolute Gasteiger partial charge is 0.492 e. The van der Waals surface area contributed by atoms with E-state index in [0.29, 0.717) is 26.0 Å². The molecule has 3 N–H and O–H groups in total. The lowest BCUT2D eigenvalue weighted by molar-refractivity contribution is -0.139. The topological polar surface area (TPSA) is 87.7 Å². The molecule has 6 nitrogen and oxygen atoms in total. The number of urea groups is 1. The van der Waals surface area contributed by atoms with Gasteiger partial charge in [-0.25, -0.2) is 9.59 Å². The monoisotopic (exact) mass is 280 g/mol. The molecule has 1 atom stereocenters. The van der Waals surface area contributed by atoms with Crippen LogP contribution in [0.15, 0.2) is 30.3 Å². The minimum Gasteiger partial charge on any atom is -0.492 e. The third-order valence-electron chi connectivity index (χ3n) is 2.58. The van der Waals surface area contributed by atoms with Gasteiger partial charge in [-0.15, -0.1) is 0 Å². The fraction of sp³-hybridized carbons (Fsp3) is 0.429. The minimum atomic E-state index is -1.03. The Morgan fingerprint density at radius 1 is 1.30 bits per heavy atom. The second kappa shape index (κ2) is 8.79. The van der Waals surface area contributed by atoms with Crippen molar-refractivity contribution in [2.24, 2.45) is 0 Å². The number of carbonyl (C=O) groups is 2. The third-order valence-corrected chi connectivity index (χ3v) is 2.58. The van der Waals surface area contributed by atoms with Gasteiger partial charge in [0.25, 0.3) is 0 Å². The quantitative estimate of drug-likeness (QED) is 0.631. The van der Waals surface area contributed by atoms with Crippen molar-refractivity contribution in [2.45, 2.75) is 25.8 Å². The highest BCUT2D eigenvalue weighted by molar-refractivity contribution is 5.82. The number of ether oxygens (including phenoxy) is 1. The molecule has 1 unspecified atom stereocenters. The van der Waals surface area contributed by atoms with Crippen LogP contribution in [0.5, 0.6) is 5.75 Å². The Bertz CT molecular complexity index is 422. The predicted molar refractivity (Wildman–Crippen MR) is 74.8 cm³/mol. The molecule has 6 heteroatoms. The molecule has 0 saturated carbocycles. The summed E-state index contributed by atoms with van der Waals surface area (Å²) in [6, 6.07) is 7.90. The molecule has 1 aromatic rings. The first-order valence-electron chi connectivity index (χ1n) is 6.58. The Labute approximate surface area is 118 Å². The van der Waals surface area contributed by atoms with Crippen molar-refractivity contribution in [1.82, 2.24) is 10.6 Å². The lowest BCUT2D eigenvalue weighted by Gasteiger charge is -2.14. The van der Waals surface area contributed by atoms with Gasteiger partial charge in [-0.05, 0) is 18.6 Å². The van der Waals surface area contributed by atoms with Crippen molar-refractivity contribution in [3.63, 3.8) is 0 Å². The molecule has 0 radical (unpaired) electrons. The molecular formula is C14H20N2O4. The molecule has 0 saturated heterocycles. The molecule has 20 heavy (non-hydrogen) atoms. The van der Waals surface area contributed by atoms with Crippen LogP contribution in [0, 0.1) is 0 Å². The summed E-state index contributed by atoms with van der Waals surface area (Å²) >= 11 is 0. The van der Waals surface area contributed by atoms with Gasteiger partial charge in [0.2, 0.25) is 0 Å². The van der Waals surface area contributed by atoms with Gasteiger partial charge in [0.15, 0.2) is 0 Å². The average Bonchev–Trinajstić information content (AvgIpc) is 2.44. The molecule has 0 aliphatic heterocycles. The van der Waals surface area contributed by atoms with Crippen molar-refractivity contribution in [1.29, 1.82) is 0 Å². The van der Waals surface area contributed by atoms with Crippen LogP contribution in [0.1, 0.15) is 19.8 Å². The Morgan fingerprint density at radius 2 is 2.00 bits per heavy atom. The smallest absolute Gasteiger partial charge is 0.326 e. The van der Waals surface area contributed by atoms with Crippen LogP contribution >= 0.6 is 0 Å². The molecular weight excluding hydrogens is 260 g/mol. The van der Waals surface area contributed by atoms with E-state index in [0.717, 1.165) is 5.75 Å². The average molecular weight is 280 g/mol. The first kappa shape index (κ1) is 15.8. The summed E-state index contributed by atoms with van der Waals surface area (Å²) in [4.78, 5) is 22.4. The van der Waals surface area contributed by atoms with E-state index in [4.69, 9.17) is 9.84 Å². The molecule has 0 fully saturated rings. The lowest BCUT2D eigenvalue weighted by atomic mass is 10.2. The van der Waals surface area contributed by atoms with Crippen LogP contribution in [0.25, 0.3) is 0 Å². The number of benzene rings is 1. The maximum Gasteiger partial charge on any atom is 0.326 e. The van der Waals surface area contributed by atoms with E-state index in [9.17, 15) is 9.59 Å². The molecule has 0 spiro atoms. The standard InChI is InChI=1S/C14H20N2O4/c1-2-6-12(13(17)18)16-14(19)15-9-10-20-11-7-4-3-5-8-11/h3-5,7-8,12H,2,6,9-10H2,1H3,(H,17,18)(H2,15,16,19). The van der Waals surface area contributed by atoms with Crippen LogP contribution in [0.2, 0.25) is 0 Å². The molecule has 110 valence electrons. The number of aliphatic carboxylic acids is 1. The summed E-state index contributed by atoms with van der Waals surface area (Å²) in [7, 11) is 0. The van der Waals surface area contributed by atoms with Gasteiger partial charge in [0.1, 0.15) is 18.4 Å². The van der Waals surface area contributed by atoms with Crippen molar-refractivity contribution < 1.29 is 19.4 Å². The Balaban J connectivity index is 2.21. The summed E-state index contributed by atoms with van der Waals surface area (Å²) < 4.78 is 5.40. The highest BCUT2D eigenvalue weighted by Gasteiger charge is 2.18. The molecule has 0 aliphatic rings. The Morgan fingerprint density at radius 3 is 2.60 bits per heavy atom. The van der Waals surface area contributed by atoms with E-state index in [-0.39, 0.29) is 0 Å². The zero-order chi connectivity index (χ0) is 14.8. The highest BCUT2D eigenvalue weighted by Crippen LogP contribution is 2.07. The minimum absolute atomic E-state index is 0.305. The maximum absolute atomic E-state index is 11.5. The number of carbonyl (C=O) groups excluding carboxylic acids is 1. The van der Waals surface area contributed by atoms with E-state index in [2.05, 4.69) is 10.6 Å². The van der Waals surface area contributed by atoms with Crippen molar-refractivity contribution in [2.75, 3.05) is 13.2 Å². The van der Waals surface area contributed by atoms with Crippen LogP contribution in [-0.4, -0.2) is 36.3 Å². The summed E-state index contributed by atoms with van der Waals surface area (Å²) in [6.45, 7) is 2.49. The molecule has 1 rings (SSSR count). The van der Waals surface area contributed by atoms with Crippen LogP contribution in [-0.2, 0) is 4.79 Å². The number of nitrogens with one attached hydrogen (secondary N) is 2. The van der Waals surface area contributed by atoms with E-state index >= 15 is 0 Å². The number of carboxylic acids is 1. The first-order chi connectivity index (χ1) is 9.63. The number of para-hydroxylation sites is 1. The van der Waals surface area contributed by atoms with E-state index < -0.39 is 18.0 Å². The van der Waals surface area contributed by atoms with Crippen molar-refractivity contribution in [3.8, 4) is 5.75 Å². The van der Waals surface area contributed by atoms with Crippen LogP contribution < -0.4 is 15.4 Å². The number of hydrogen-bond donors (Lipinski definition) is 3. The SMILES string of the molecule is CCCC(NC(=O)NCCOc1ccccc1)C(=O)O. The molecule has 0 heterocycles. The molecule has 0 bridgehead atoms. The zero-order valence-corrected chi connectivity index (χ0v) is 11.5. The van der Waals surface area contributed by atoms with E-state index in [1.165, 1.54) is 0 Å². The fourth-order valence-corrected chi connectivity index (χ4v) is 1.61. The fourth-order valence-electron chi connectivity index (χ4n) is 1.61. The predicted octanol–water partition coefficient (Wildman–Crippen LogP) is 1.62. The zero-order valence-electron chi connectivity index (χ0n) is 11.5. The Hall–Kier alpha value is -2.24. The van der Waals surface area contributed by atoms with Gasteiger partial charge < -0.3 is 20.5 Å². The number of carboxylic acid groups (broad SMARTS) is 1. The Kier molecular flexibility index (Phi) is 6.95. The van der Waals surface area contributed by atoms with Crippen molar-refractivity contribution >= 4 is 12.0 Å². The van der Waals surface area contributed by atoms with Gasteiger partial charge in [0, 0.05) is 0 Å². The number of amides is 2.